The van der Waals surface area contributed by atoms with Crippen LogP contribution in [0.3, 0.4) is 0 Å². The summed E-state index contributed by atoms with van der Waals surface area (Å²) in [7, 11) is 0. The lowest BCUT2D eigenvalue weighted by Crippen LogP contribution is -2.31. The standard InChI is InChI=1S/C27H29F2NO2/c1-2-3-17-4-7-20-13-21(9-8-19(20)12-17)26-24(28)14-22(15-25(26)29)27(31)32-23-10-5-18(16-30)6-11-23/h5-6,10-11,14-15,17,19-21H,2-4,7-9,12-13H2,1H3/t17-,19-,20+,21?/m0/s1. The molecule has 2 fully saturated rings. The summed E-state index contributed by atoms with van der Waals surface area (Å²) in [6.45, 7) is 2.23. The van der Waals surface area contributed by atoms with E-state index in [-0.39, 0.29) is 22.8 Å². The van der Waals surface area contributed by atoms with E-state index in [0.29, 0.717) is 17.4 Å². The molecule has 0 aliphatic heterocycles. The molecule has 0 heterocycles. The average molecular weight is 438 g/mol. The maximum absolute atomic E-state index is 15.0. The SMILES string of the molecule is CCC[C@H]1CC[C@@H]2CC(c3c(F)cc(C(=O)Oc4ccc(C#N)cc4)cc3F)CC[C@H]2C1. The highest BCUT2D eigenvalue weighted by atomic mass is 19.1. The van der Waals surface area contributed by atoms with E-state index in [1.807, 2.05) is 6.07 Å². The molecule has 0 bridgehead atoms. The van der Waals surface area contributed by atoms with Crippen LogP contribution in [0.2, 0.25) is 0 Å². The number of rotatable bonds is 5. The minimum atomic E-state index is -0.822. The fraction of sp³-hybridized carbons (Fsp3) is 0.481. The Bertz CT molecular complexity index is 988. The van der Waals surface area contributed by atoms with Crippen molar-refractivity contribution in [3.8, 4) is 11.8 Å². The first-order valence-corrected chi connectivity index (χ1v) is 11.7. The monoisotopic (exact) mass is 437 g/mol. The number of ether oxygens (including phenoxy) is 1. The summed E-state index contributed by atoms with van der Waals surface area (Å²) in [5.41, 5.74) is 0.399. The topological polar surface area (TPSA) is 50.1 Å². The van der Waals surface area contributed by atoms with Crippen LogP contribution in [-0.2, 0) is 0 Å². The third-order valence-corrected chi connectivity index (χ3v) is 7.34. The molecular formula is C27H29F2NO2. The lowest BCUT2D eigenvalue weighted by atomic mass is 9.63. The largest absolute Gasteiger partial charge is 0.423 e. The van der Waals surface area contributed by atoms with E-state index < -0.39 is 17.6 Å². The second-order valence-electron chi connectivity index (χ2n) is 9.38. The van der Waals surface area contributed by atoms with Crippen LogP contribution >= 0.6 is 0 Å². The number of nitriles is 1. The van der Waals surface area contributed by atoms with Gasteiger partial charge in [0.05, 0.1) is 17.2 Å². The number of carbonyl (C=O) groups excluding carboxylic acids is 1. The predicted octanol–water partition coefficient (Wildman–Crippen LogP) is 7.16. The molecule has 0 radical (unpaired) electrons. The maximum atomic E-state index is 15.0. The molecule has 2 aromatic rings. The Morgan fingerprint density at radius 1 is 1.03 bits per heavy atom. The molecule has 2 aromatic carbocycles. The molecule has 4 atom stereocenters. The van der Waals surface area contributed by atoms with Crippen molar-refractivity contribution in [2.75, 3.05) is 0 Å². The van der Waals surface area contributed by atoms with Gasteiger partial charge in [-0.25, -0.2) is 13.6 Å². The van der Waals surface area contributed by atoms with Crippen LogP contribution in [-0.4, -0.2) is 5.97 Å². The van der Waals surface area contributed by atoms with Crippen LogP contribution in [0.25, 0.3) is 0 Å². The van der Waals surface area contributed by atoms with Crippen molar-refractivity contribution >= 4 is 5.97 Å². The Labute approximate surface area is 188 Å². The minimum absolute atomic E-state index is 0.119. The molecular weight excluding hydrogens is 408 g/mol. The molecule has 2 aliphatic rings. The lowest BCUT2D eigenvalue weighted by molar-refractivity contribution is 0.0733. The van der Waals surface area contributed by atoms with Crippen molar-refractivity contribution in [1.29, 1.82) is 5.26 Å². The highest BCUT2D eigenvalue weighted by Crippen LogP contribution is 2.49. The number of fused-ring (bicyclic) bond motifs is 1. The quantitative estimate of drug-likeness (QED) is 0.368. The fourth-order valence-electron chi connectivity index (χ4n) is 5.77. The number of hydrogen-bond acceptors (Lipinski definition) is 3. The minimum Gasteiger partial charge on any atom is -0.423 e. The average Bonchev–Trinajstić information content (AvgIpc) is 2.79. The van der Waals surface area contributed by atoms with Crippen molar-refractivity contribution in [2.24, 2.45) is 17.8 Å². The number of nitrogens with zero attached hydrogens (tertiary/aromatic N) is 1. The second kappa shape index (κ2) is 9.81. The highest BCUT2D eigenvalue weighted by molar-refractivity contribution is 5.91. The molecule has 2 aliphatic carbocycles. The normalized spacial score (nSPS) is 24.9. The van der Waals surface area contributed by atoms with Gasteiger partial charge in [-0.2, -0.15) is 5.26 Å². The molecule has 5 heteroatoms. The molecule has 0 N–H and O–H groups in total. The van der Waals surface area contributed by atoms with E-state index in [1.165, 1.54) is 49.9 Å². The maximum Gasteiger partial charge on any atom is 0.343 e. The zero-order valence-electron chi connectivity index (χ0n) is 18.4. The summed E-state index contributed by atoms with van der Waals surface area (Å²) in [5, 5.41) is 8.84. The number of halogens is 2. The lowest BCUT2D eigenvalue weighted by Gasteiger charge is -2.42. The van der Waals surface area contributed by atoms with Crippen molar-refractivity contribution in [2.45, 2.75) is 64.2 Å². The van der Waals surface area contributed by atoms with Gasteiger partial charge in [-0.1, -0.05) is 26.2 Å². The molecule has 0 aromatic heterocycles. The molecule has 0 amide bonds. The second-order valence-corrected chi connectivity index (χ2v) is 9.38. The molecule has 4 rings (SSSR count). The third-order valence-electron chi connectivity index (χ3n) is 7.34. The van der Waals surface area contributed by atoms with Crippen molar-refractivity contribution in [3.63, 3.8) is 0 Å². The van der Waals surface area contributed by atoms with Gasteiger partial charge < -0.3 is 4.74 Å². The smallest absolute Gasteiger partial charge is 0.343 e. The van der Waals surface area contributed by atoms with Gasteiger partial charge in [0.25, 0.3) is 0 Å². The number of carbonyl (C=O) groups is 1. The third kappa shape index (κ3) is 4.85. The molecule has 1 unspecified atom stereocenters. The van der Waals surface area contributed by atoms with Crippen LogP contribution < -0.4 is 4.74 Å². The van der Waals surface area contributed by atoms with Gasteiger partial charge in [-0.05, 0) is 92.2 Å². The van der Waals surface area contributed by atoms with E-state index in [1.54, 1.807) is 0 Å². The summed E-state index contributed by atoms with van der Waals surface area (Å²) >= 11 is 0. The van der Waals surface area contributed by atoms with Crippen LogP contribution in [0.1, 0.15) is 85.7 Å². The Morgan fingerprint density at radius 3 is 2.34 bits per heavy atom. The number of esters is 1. The Balaban J connectivity index is 1.45. The molecule has 0 saturated heterocycles. The van der Waals surface area contributed by atoms with Gasteiger partial charge in [0.2, 0.25) is 0 Å². The first kappa shape index (κ1) is 22.5. The zero-order valence-corrected chi connectivity index (χ0v) is 18.4. The summed E-state index contributed by atoms with van der Waals surface area (Å²) in [5.74, 6) is -0.0334. The van der Waals surface area contributed by atoms with Crippen molar-refractivity contribution in [3.05, 3.63) is 64.7 Å². The van der Waals surface area contributed by atoms with Gasteiger partial charge in [0, 0.05) is 5.56 Å². The number of hydrogen-bond donors (Lipinski definition) is 0. The molecule has 3 nitrogen and oxygen atoms in total. The number of benzene rings is 2. The summed E-state index contributed by atoms with van der Waals surface area (Å²) in [6.07, 6.45) is 8.80. The van der Waals surface area contributed by atoms with Crippen LogP contribution in [0.15, 0.2) is 36.4 Å². The predicted molar refractivity (Wildman–Crippen MR) is 118 cm³/mol. The summed E-state index contributed by atoms with van der Waals surface area (Å²) in [6, 6.07) is 10.1. The van der Waals surface area contributed by atoms with Gasteiger partial charge in [0.1, 0.15) is 17.4 Å². The van der Waals surface area contributed by atoms with Gasteiger partial charge in [-0.15, -0.1) is 0 Å². The van der Waals surface area contributed by atoms with Crippen molar-refractivity contribution < 1.29 is 18.3 Å². The van der Waals surface area contributed by atoms with E-state index >= 15 is 0 Å². The van der Waals surface area contributed by atoms with E-state index in [0.717, 1.165) is 43.7 Å². The van der Waals surface area contributed by atoms with E-state index in [9.17, 15) is 13.6 Å². The molecule has 0 spiro atoms. The Morgan fingerprint density at radius 2 is 1.69 bits per heavy atom. The van der Waals surface area contributed by atoms with E-state index in [4.69, 9.17) is 10.00 Å². The first-order valence-electron chi connectivity index (χ1n) is 11.7. The molecule has 168 valence electrons. The Kier molecular flexibility index (Phi) is 6.89. The van der Waals surface area contributed by atoms with Crippen LogP contribution in [0.4, 0.5) is 8.78 Å². The summed E-state index contributed by atoms with van der Waals surface area (Å²) in [4.78, 5) is 12.4. The summed E-state index contributed by atoms with van der Waals surface area (Å²) < 4.78 is 35.2. The van der Waals surface area contributed by atoms with Crippen LogP contribution in [0.5, 0.6) is 5.75 Å². The van der Waals surface area contributed by atoms with Crippen LogP contribution in [0, 0.1) is 40.7 Å². The zero-order chi connectivity index (χ0) is 22.7. The molecule has 32 heavy (non-hydrogen) atoms. The van der Waals surface area contributed by atoms with Gasteiger partial charge in [-0.3, -0.25) is 0 Å². The highest BCUT2D eigenvalue weighted by Gasteiger charge is 2.37. The van der Waals surface area contributed by atoms with Gasteiger partial charge >= 0.3 is 5.97 Å². The van der Waals surface area contributed by atoms with E-state index in [2.05, 4.69) is 6.92 Å². The van der Waals surface area contributed by atoms with Crippen molar-refractivity contribution in [1.82, 2.24) is 0 Å². The first-order chi connectivity index (χ1) is 15.5. The fourth-order valence-corrected chi connectivity index (χ4v) is 5.77. The van der Waals surface area contributed by atoms with Gasteiger partial charge in [0.15, 0.2) is 0 Å². The Hall–Kier alpha value is -2.74. The molecule has 2 saturated carbocycles.